The van der Waals surface area contributed by atoms with Gasteiger partial charge in [0.15, 0.2) is 0 Å². The first kappa shape index (κ1) is 24.5. The summed E-state index contributed by atoms with van der Waals surface area (Å²) in [7, 11) is 0. The van der Waals surface area contributed by atoms with Gasteiger partial charge < -0.3 is 5.32 Å². The Labute approximate surface area is 173 Å². The molecule has 0 aliphatic rings. The van der Waals surface area contributed by atoms with Crippen LogP contribution in [0.1, 0.15) is 44.5 Å². The maximum absolute atomic E-state index is 11.7. The number of phenols is 1. The van der Waals surface area contributed by atoms with Gasteiger partial charge in [0.05, 0.1) is 0 Å². The number of carbonyl (C=O) groups excluding carboxylic acids is 2. The minimum absolute atomic E-state index is 0.00236. The van der Waals surface area contributed by atoms with Gasteiger partial charge in [-0.05, 0) is 32.4 Å². The van der Waals surface area contributed by atoms with E-state index in [4.69, 9.17) is 8.19 Å². The second kappa shape index (κ2) is 10.3. The Kier molecular flexibility index (Phi) is 8.70. The van der Waals surface area contributed by atoms with Crippen LogP contribution in [0.3, 0.4) is 0 Å². The molecule has 2 amide bonds. The Morgan fingerprint density at radius 3 is 2.14 bits per heavy atom. The Morgan fingerprint density at radius 1 is 1.07 bits per heavy atom. The second-order valence-electron chi connectivity index (χ2n) is 6.98. The van der Waals surface area contributed by atoms with E-state index in [9.17, 15) is 18.4 Å². The summed E-state index contributed by atoms with van der Waals surface area (Å²) in [6.45, 7) is 7.33. The number of phenolic OH excluding ortho intramolecular Hbond substituents is 1. The molecular formula is C20H27AsN2O6. The zero-order chi connectivity index (χ0) is 22.2. The standard InChI is InChI=1S/C12H17NO.C8H10AsNO5/c1-4-12(2,3)13-11(14)10-8-6-5-7-9-10;1-5(11)10-7-4-6(9(13,14)15)2-3-8(7)12/h5-9H,4H2,1-3H3,(H,13,14);2-4,12H,1H3,(H,10,11)(H2,13,14,15). The summed E-state index contributed by atoms with van der Waals surface area (Å²) in [4.78, 5) is 22.4. The van der Waals surface area contributed by atoms with E-state index in [2.05, 4.69) is 17.6 Å². The van der Waals surface area contributed by atoms with Crippen LogP contribution < -0.4 is 15.0 Å². The average molecular weight is 466 g/mol. The molecule has 2 aromatic rings. The van der Waals surface area contributed by atoms with Crippen molar-refractivity contribution in [3.63, 3.8) is 0 Å². The van der Waals surface area contributed by atoms with Crippen molar-refractivity contribution in [3.05, 3.63) is 54.1 Å². The van der Waals surface area contributed by atoms with Crippen LogP contribution in [0.4, 0.5) is 5.69 Å². The largest absolute Gasteiger partial charge is 0.347 e. The van der Waals surface area contributed by atoms with E-state index in [1.807, 2.05) is 44.2 Å². The summed E-state index contributed by atoms with van der Waals surface area (Å²) in [5.41, 5.74) is 0.575. The van der Waals surface area contributed by atoms with E-state index < -0.39 is 20.1 Å². The Morgan fingerprint density at radius 2 is 1.66 bits per heavy atom. The summed E-state index contributed by atoms with van der Waals surface area (Å²) in [6.07, 6.45) is 0.922. The Balaban J connectivity index is 0.000000291. The van der Waals surface area contributed by atoms with Crippen molar-refractivity contribution in [3.8, 4) is 5.75 Å². The van der Waals surface area contributed by atoms with E-state index in [1.165, 1.54) is 6.92 Å². The number of anilines is 1. The van der Waals surface area contributed by atoms with Gasteiger partial charge in [-0.25, -0.2) is 0 Å². The molecule has 0 aromatic heterocycles. The van der Waals surface area contributed by atoms with Crippen molar-refractivity contribution in [2.24, 2.45) is 0 Å². The number of nitrogens with one attached hydrogen (secondary N) is 2. The third kappa shape index (κ3) is 8.56. The van der Waals surface area contributed by atoms with E-state index in [0.717, 1.165) is 24.6 Å². The van der Waals surface area contributed by atoms with E-state index in [0.29, 0.717) is 5.56 Å². The molecule has 8 nitrogen and oxygen atoms in total. The van der Waals surface area contributed by atoms with Crippen LogP contribution in [-0.4, -0.2) is 44.8 Å². The van der Waals surface area contributed by atoms with Crippen LogP contribution in [0.15, 0.2) is 48.5 Å². The second-order valence-corrected chi connectivity index (χ2v) is 10.4. The van der Waals surface area contributed by atoms with Gasteiger partial charge in [0.2, 0.25) is 0 Å². The summed E-state index contributed by atoms with van der Waals surface area (Å²) >= 11 is -4.98. The smallest absolute Gasteiger partial charge is 0.251 e. The van der Waals surface area contributed by atoms with Crippen molar-refractivity contribution in [1.82, 2.24) is 5.32 Å². The molecule has 158 valence electrons. The summed E-state index contributed by atoms with van der Waals surface area (Å²) < 4.78 is 28.6. The number of hydrogen-bond acceptors (Lipinski definition) is 4. The van der Waals surface area contributed by atoms with Gasteiger partial charge in [0, 0.05) is 11.1 Å². The monoisotopic (exact) mass is 466 g/mol. The predicted molar refractivity (Wildman–Crippen MR) is 111 cm³/mol. The number of amides is 2. The van der Waals surface area contributed by atoms with Crippen molar-refractivity contribution < 1.29 is 26.6 Å². The maximum atomic E-state index is 11.7. The van der Waals surface area contributed by atoms with E-state index >= 15 is 0 Å². The van der Waals surface area contributed by atoms with Gasteiger partial charge in [-0.15, -0.1) is 0 Å². The molecule has 2 rings (SSSR count). The number of hydrogen-bond donors (Lipinski definition) is 5. The van der Waals surface area contributed by atoms with Crippen molar-refractivity contribution in [2.75, 3.05) is 5.32 Å². The molecule has 0 atom stereocenters. The molecule has 2 aromatic carbocycles. The summed E-state index contributed by atoms with van der Waals surface area (Å²) in [6, 6.07) is 12.6. The van der Waals surface area contributed by atoms with Gasteiger partial charge >= 0.3 is 88.1 Å². The molecule has 0 saturated carbocycles. The zero-order valence-corrected chi connectivity index (χ0v) is 18.7. The van der Waals surface area contributed by atoms with Gasteiger partial charge in [-0.3, -0.25) is 4.79 Å². The molecule has 29 heavy (non-hydrogen) atoms. The minimum atomic E-state index is -4.98. The fraction of sp³-hybridized carbons (Fsp3) is 0.300. The SMILES string of the molecule is CC(=O)Nc1cc([As](=O)(O)O)ccc1O.CCC(C)(C)NC(=O)c1ccccc1. The molecule has 0 fully saturated rings. The third-order valence-electron chi connectivity index (χ3n) is 4.00. The van der Waals surface area contributed by atoms with Gasteiger partial charge in [-0.1, -0.05) is 25.1 Å². The normalized spacial score (nSPS) is 11.1. The van der Waals surface area contributed by atoms with Crippen LogP contribution in [0, 0.1) is 0 Å². The van der Waals surface area contributed by atoms with Gasteiger partial charge in [-0.2, -0.15) is 0 Å². The topological polar surface area (TPSA) is 136 Å². The van der Waals surface area contributed by atoms with Crippen LogP contribution in [0.25, 0.3) is 0 Å². The first-order valence-corrected chi connectivity index (χ1v) is 12.3. The fourth-order valence-corrected chi connectivity index (χ4v) is 3.24. The Hall–Kier alpha value is -2.54. The molecule has 0 unspecified atom stereocenters. The molecule has 0 heterocycles. The van der Waals surface area contributed by atoms with Crippen molar-refractivity contribution in [2.45, 2.75) is 39.7 Å². The van der Waals surface area contributed by atoms with Crippen LogP contribution >= 0.6 is 0 Å². The number of benzene rings is 2. The molecular weight excluding hydrogens is 439 g/mol. The Bertz CT molecular complexity index is 893. The molecule has 9 heteroatoms. The third-order valence-corrected chi connectivity index (χ3v) is 5.99. The van der Waals surface area contributed by atoms with E-state index in [-0.39, 0.29) is 27.2 Å². The fourth-order valence-electron chi connectivity index (χ4n) is 2.05. The summed E-state index contributed by atoms with van der Waals surface area (Å²) in [5.74, 6) is -0.671. The van der Waals surface area contributed by atoms with Crippen LogP contribution in [0.2, 0.25) is 0 Å². The minimum Gasteiger partial charge on any atom is -0.347 e. The van der Waals surface area contributed by atoms with Crippen LogP contribution in [-0.2, 0) is 8.53 Å². The molecule has 0 radical (unpaired) electrons. The number of rotatable bonds is 5. The van der Waals surface area contributed by atoms with Crippen molar-refractivity contribution >= 4 is 36.0 Å². The quantitative estimate of drug-likeness (QED) is 0.335. The molecule has 0 spiro atoms. The molecule has 0 bridgehead atoms. The van der Waals surface area contributed by atoms with Crippen molar-refractivity contribution in [1.29, 1.82) is 0 Å². The van der Waals surface area contributed by atoms with Gasteiger partial charge in [0.1, 0.15) is 0 Å². The molecule has 0 saturated heterocycles. The molecule has 5 N–H and O–H groups in total. The number of carbonyl (C=O) groups is 2. The van der Waals surface area contributed by atoms with Crippen LogP contribution in [0.5, 0.6) is 5.75 Å². The molecule has 0 aliphatic carbocycles. The number of aromatic hydroxyl groups is 1. The maximum Gasteiger partial charge on any atom is 0.251 e. The average Bonchev–Trinajstić information content (AvgIpc) is 2.63. The zero-order valence-electron chi connectivity index (χ0n) is 16.8. The predicted octanol–water partition coefficient (Wildman–Crippen LogP) is 1.52. The summed E-state index contributed by atoms with van der Waals surface area (Å²) in [5, 5.41) is 14.5. The first-order valence-electron chi connectivity index (χ1n) is 8.90. The molecule has 0 aliphatic heterocycles. The van der Waals surface area contributed by atoms with Gasteiger partial charge in [0.25, 0.3) is 5.91 Å². The first-order chi connectivity index (χ1) is 13.4. The van der Waals surface area contributed by atoms with E-state index in [1.54, 1.807) is 0 Å².